The van der Waals surface area contributed by atoms with E-state index < -0.39 is 0 Å². The van der Waals surface area contributed by atoms with Crippen molar-refractivity contribution >= 4 is 39.7 Å². The quantitative estimate of drug-likeness (QED) is 0.840. The molecule has 0 spiro atoms. The first-order valence-electron chi connectivity index (χ1n) is 5.59. The zero-order chi connectivity index (χ0) is 12.4. The van der Waals surface area contributed by atoms with Crippen molar-refractivity contribution in [2.45, 2.75) is 33.4 Å². The molecule has 1 N–H and O–H groups in total. The Morgan fingerprint density at radius 3 is 2.61 bits per heavy atom. The van der Waals surface area contributed by atoms with E-state index >= 15 is 0 Å². The lowest BCUT2D eigenvalue weighted by atomic mass is 10.1. The van der Waals surface area contributed by atoms with Crippen molar-refractivity contribution in [2.75, 3.05) is 0 Å². The normalized spacial score (nSPS) is 12.2. The molecule has 100 valence electrons. The van der Waals surface area contributed by atoms with Crippen LogP contribution in [0.25, 0.3) is 0 Å². The first-order chi connectivity index (χ1) is 8.06. The molecule has 0 fully saturated rings. The highest BCUT2D eigenvalue weighted by atomic mass is 79.9. The standard InChI is InChI=1S/C13H16BrNOS.ClH/c1-8-4-13(10(3)16-8)9(2)15-6-12-5-11(14)7-17-12;/h4-5,7,9,15H,6H2,1-3H3;1H. The molecule has 1 atom stereocenters. The maximum absolute atomic E-state index is 5.55. The van der Waals surface area contributed by atoms with Crippen LogP contribution in [0.2, 0.25) is 0 Å². The van der Waals surface area contributed by atoms with Gasteiger partial charge >= 0.3 is 0 Å². The largest absolute Gasteiger partial charge is 0.466 e. The number of thiophene rings is 1. The number of rotatable bonds is 4. The summed E-state index contributed by atoms with van der Waals surface area (Å²) in [7, 11) is 0. The van der Waals surface area contributed by atoms with Crippen molar-refractivity contribution < 1.29 is 4.42 Å². The molecule has 2 nitrogen and oxygen atoms in total. The summed E-state index contributed by atoms with van der Waals surface area (Å²) in [5.74, 6) is 1.99. The summed E-state index contributed by atoms with van der Waals surface area (Å²) in [6, 6.07) is 4.57. The van der Waals surface area contributed by atoms with Crippen molar-refractivity contribution in [3.8, 4) is 0 Å². The number of aryl methyl sites for hydroxylation is 2. The molecule has 2 rings (SSSR count). The van der Waals surface area contributed by atoms with Gasteiger partial charge in [0, 0.05) is 32.9 Å². The van der Waals surface area contributed by atoms with Crippen LogP contribution in [-0.2, 0) is 6.54 Å². The Morgan fingerprint density at radius 1 is 1.39 bits per heavy atom. The van der Waals surface area contributed by atoms with Crippen LogP contribution in [0.1, 0.15) is 34.9 Å². The second-order valence-electron chi connectivity index (χ2n) is 4.20. The van der Waals surface area contributed by atoms with Gasteiger partial charge in [-0.25, -0.2) is 0 Å². The topological polar surface area (TPSA) is 25.2 Å². The predicted octanol–water partition coefficient (Wildman–Crippen LogP) is 4.99. The zero-order valence-corrected chi connectivity index (χ0v) is 13.8. The third-order valence-electron chi connectivity index (χ3n) is 2.75. The van der Waals surface area contributed by atoms with Crippen molar-refractivity contribution in [1.82, 2.24) is 5.32 Å². The van der Waals surface area contributed by atoms with Gasteiger partial charge in [0.2, 0.25) is 0 Å². The van der Waals surface area contributed by atoms with Crippen molar-refractivity contribution in [3.63, 3.8) is 0 Å². The minimum absolute atomic E-state index is 0. The second-order valence-corrected chi connectivity index (χ2v) is 6.11. The number of furan rings is 1. The molecule has 0 aliphatic carbocycles. The Bertz CT molecular complexity index is 509. The molecule has 0 radical (unpaired) electrons. The summed E-state index contributed by atoms with van der Waals surface area (Å²) in [6.45, 7) is 7.06. The van der Waals surface area contributed by atoms with Crippen molar-refractivity contribution in [2.24, 2.45) is 0 Å². The predicted molar refractivity (Wildman–Crippen MR) is 82.7 cm³/mol. The highest BCUT2D eigenvalue weighted by Crippen LogP contribution is 2.23. The molecule has 2 heterocycles. The van der Waals surface area contributed by atoms with Crippen LogP contribution in [-0.4, -0.2) is 0 Å². The van der Waals surface area contributed by atoms with Gasteiger partial charge in [0.1, 0.15) is 11.5 Å². The first kappa shape index (κ1) is 15.8. The van der Waals surface area contributed by atoms with Gasteiger partial charge in [0.15, 0.2) is 0 Å². The molecule has 2 aromatic rings. The van der Waals surface area contributed by atoms with Gasteiger partial charge in [-0.15, -0.1) is 23.7 Å². The molecule has 0 amide bonds. The highest BCUT2D eigenvalue weighted by Gasteiger charge is 2.12. The maximum atomic E-state index is 5.55. The van der Waals surface area contributed by atoms with Gasteiger partial charge in [0.05, 0.1) is 0 Å². The van der Waals surface area contributed by atoms with Gasteiger partial charge < -0.3 is 9.73 Å². The number of halogens is 2. The Morgan fingerprint density at radius 2 is 2.11 bits per heavy atom. The van der Waals surface area contributed by atoms with E-state index in [-0.39, 0.29) is 12.4 Å². The van der Waals surface area contributed by atoms with Gasteiger partial charge in [-0.2, -0.15) is 0 Å². The molecule has 5 heteroatoms. The summed E-state index contributed by atoms with van der Waals surface area (Å²) in [5, 5.41) is 5.62. The first-order valence-corrected chi connectivity index (χ1v) is 7.26. The fourth-order valence-electron chi connectivity index (χ4n) is 1.89. The summed E-state index contributed by atoms with van der Waals surface area (Å²) in [5.41, 5.74) is 1.25. The van der Waals surface area contributed by atoms with Crippen LogP contribution in [0.4, 0.5) is 0 Å². The Kier molecular flexibility index (Phi) is 5.92. The SMILES string of the molecule is Cc1cc(C(C)NCc2cc(Br)cs2)c(C)o1.Cl. The molecular formula is C13H17BrClNOS. The molecule has 0 aliphatic rings. The zero-order valence-electron chi connectivity index (χ0n) is 10.6. The minimum atomic E-state index is 0. The molecule has 0 saturated carbocycles. The molecular weight excluding hydrogens is 334 g/mol. The van der Waals surface area contributed by atoms with E-state index in [2.05, 4.69) is 45.7 Å². The summed E-state index contributed by atoms with van der Waals surface area (Å²) >= 11 is 5.23. The van der Waals surface area contributed by atoms with Gasteiger partial charge in [-0.3, -0.25) is 0 Å². The molecule has 0 aliphatic heterocycles. The van der Waals surface area contributed by atoms with E-state index in [1.807, 2.05) is 13.8 Å². The van der Waals surface area contributed by atoms with E-state index in [0.29, 0.717) is 6.04 Å². The van der Waals surface area contributed by atoms with E-state index in [1.54, 1.807) is 11.3 Å². The van der Waals surface area contributed by atoms with Crippen LogP contribution in [0.5, 0.6) is 0 Å². The summed E-state index contributed by atoms with van der Waals surface area (Å²) in [6.07, 6.45) is 0. The Labute approximate surface area is 126 Å². The fraction of sp³-hybridized carbons (Fsp3) is 0.385. The molecule has 2 aromatic heterocycles. The molecule has 0 bridgehead atoms. The highest BCUT2D eigenvalue weighted by molar-refractivity contribution is 9.10. The maximum Gasteiger partial charge on any atom is 0.105 e. The van der Waals surface area contributed by atoms with Crippen LogP contribution in [0, 0.1) is 13.8 Å². The van der Waals surface area contributed by atoms with Crippen LogP contribution in [0.15, 0.2) is 26.4 Å². The van der Waals surface area contributed by atoms with E-state index in [1.165, 1.54) is 10.4 Å². The van der Waals surface area contributed by atoms with Crippen molar-refractivity contribution in [3.05, 3.63) is 43.9 Å². The van der Waals surface area contributed by atoms with Crippen LogP contribution in [0.3, 0.4) is 0 Å². The second kappa shape index (κ2) is 6.75. The van der Waals surface area contributed by atoms with Gasteiger partial charge in [-0.05, 0) is 48.8 Å². The van der Waals surface area contributed by atoms with Crippen molar-refractivity contribution in [1.29, 1.82) is 0 Å². The summed E-state index contributed by atoms with van der Waals surface area (Å²) in [4.78, 5) is 1.33. The lowest BCUT2D eigenvalue weighted by Gasteiger charge is -2.12. The average molecular weight is 351 g/mol. The monoisotopic (exact) mass is 349 g/mol. The Balaban J connectivity index is 0.00000162. The van der Waals surface area contributed by atoms with E-state index in [9.17, 15) is 0 Å². The molecule has 0 aromatic carbocycles. The molecule has 0 saturated heterocycles. The van der Waals surface area contributed by atoms with Crippen LogP contribution >= 0.6 is 39.7 Å². The molecule has 1 unspecified atom stereocenters. The minimum Gasteiger partial charge on any atom is -0.466 e. The lowest BCUT2D eigenvalue weighted by Crippen LogP contribution is -2.17. The fourth-order valence-corrected chi connectivity index (χ4v) is 3.29. The number of nitrogens with one attached hydrogen (secondary N) is 1. The number of hydrogen-bond donors (Lipinski definition) is 1. The average Bonchev–Trinajstić information content (AvgIpc) is 2.81. The van der Waals surface area contributed by atoms with Gasteiger partial charge in [-0.1, -0.05) is 0 Å². The van der Waals surface area contributed by atoms with E-state index in [0.717, 1.165) is 22.5 Å². The molecule has 18 heavy (non-hydrogen) atoms. The third-order valence-corrected chi connectivity index (χ3v) is 4.45. The van der Waals surface area contributed by atoms with Crippen LogP contribution < -0.4 is 5.32 Å². The van der Waals surface area contributed by atoms with E-state index in [4.69, 9.17) is 4.42 Å². The van der Waals surface area contributed by atoms with Gasteiger partial charge in [0.25, 0.3) is 0 Å². The third kappa shape index (κ3) is 3.85. The Hall–Kier alpha value is -0.290. The summed E-state index contributed by atoms with van der Waals surface area (Å²) < 4.78 is 6.70. The number of hydrogen-bond acceptors (Lipinski definition) is 3. The lowest BCUT2D eigenvalue weighted by molar-refractivity contribution is 0.490. The smallest absolute Gasteiger partial charge is 0.105 e.